The lowest BCUT2D eigenvalue weighted by Crippen LogP contribution is -2.36. The van der Waals surface area contributed by atoms with Crippen LogP contribution in [0.3, 0.4) is 0 Å². The SMILES string of the molecule is COC1(c2nc(CC(C)C)c(CNC(C)(C)C)s2)CCC1. The van der Waals surface area contributed by atoms with E-state index in [-0.39, 0.29) is 11.1 Å². The van der Waals surface area contributed by atoms with Crippen molar-refractivity contribution in [1.29, 1.82) is 0 Å². The van der Waals surface area contributed by atoms with E-state index in [1.807, 2.05) is 18.4 Å². The Kier molecular flexibility index (Phi) is 5.11. The highest BCUT2D eigenvalue weighted by Crippen LogP contribution is 2.46. The molecule has 0 spiro atoms. The molecule has 1 N–H and O–H groups in total. The summed E-state index contributed by atoms with van der Waals surface area (Å²) in [4.78, 5) is 6.36. The molecule has 3 nitrogen and oxygen atoms in total. The summed E-state index contributed by atoms with van der Waals surface area (Å²) in [5.41, 5.74) is 1.32. The van der Waals surface area contributed by atoms with Gasteiger partial charge < -0.3 is 10.1 Å². The van der Waals surface area contributed by atoms with Crippen LogP contribution in [0, 0.1) is 5.92 Å². The number of nitrogens with one attached hydrogen (secondary N) is 1. The van der Waals surface area contributed by atoms with E-state index in [2.05, 4.69) is 39.9 Å². The molecule has 4 heteroatoms. The lowest BCUT2D eigenvalue weighted by atomic mass is 9.80. The van der Waals surface area contributed by atoms with Crippen molar-refractivity contribution in [3.05, 3.63) is 15.6 Å². The summed E-state index contributed by atoms with van der Waals surface area (Å²) in [5, 5.41) is 4.79. The Hall–Kier alpha value is -0.450. The van der Waals surface area contributed by atoms with E-state index in [1.54, 1.807) is 0 Å². The van der Waals surface area contributed by atoms with Crippen molar-refractivity contribution in [3.63, 3.8) is 0 Å². The molecule has 0 atom stereocenters. The van der Waals surface area contributed by atoms with Crippen molar-refractivity contribution < 1.29 is 4.74 Å². The van der Waals surface area contributed by atoms with Crippen LogP contribution in [0.2, 0.25) is 0 Å². The summed E-state index contributed by atoms with van der Waals surface area (Å²) in [5.74, 6) is 0.633. The van der Waals surface area contributed by atoms with Crippen molar-refractivity contribution in [2.45, 2.75) is 78.0 Å². The minimum atomic E-state index is -0.0869. The maximum atomic E-state index is 5.81. The van der Waals surface area contributed by atoms with Gasteiger partial charge in [-0.3, -0.25) is 0 Å². The zero-order valence-electron chi connectivity index (χ0n) is 14.4. The molecule has 0 radical (unpaired) electrons. The number of rotatable bonds is 6. The second-order valence-electron chi connectivity index (χ2n) is 7.64. The number of methoxy groups -OCH3 is 1. The third kappa shape index (κ3) is 4.05. The Bertz CT molecular complexity index is 464. The largest absolute Gasteiger partial charge is 0.371 e. The molecule has 0 bridgehead atoms. The van der Waals surface area contributed by atoms with Crippen LogP contribution in [-0.4, -0.2) is 17.6 Å². The van der Waals surface area contributed by atoms with Crippen LogP contribution in [0.5, 0.6) is 0 Å². The van der Waals surface area contributed by atoms with Crippen LogP contribution >= 0.6 is 11.3 Å². The Labute approximate surface area is 133 Å². The molecule has 0 amide bonds. The number of aromatic nitrogens is 1. The number of thiazole rings is 1. The fraction of sp³-hybridized carbons (Fsp3) is 0.824. The first-order valence-corrected chi connectivity index (χ1v) is 8.87. The monoisotopic (exact) mass is 310 g/mol. The molecular weight excluding hydrogens is 280 g/mol. The van der Waals surface area contributed by atoms with Crippen LogP contribution in [0.15, 0.2) is 0 Å². The fourth-order valence-corrected chi connectivity index (χ4v) is 3.86. The van der Waals surface area contributed by atoms with Gasteiger partial charge in [-0.25, -0.2) is 4.98 Å². The highest BCUT2D eigenvalue weighted by Gasteiger charge is 2.42. The van der Waals surface area contributed by atoms with Gasteiger partial charge in [-0.05, 0) is 52.4 Å². The number of ether oxygens (including phenoxy) is 1. The number of hydrogen-bond donors (Lipinski definition) is 1. The van der Waals surface area contributed by atoms with Gasteiger partial charge in [0.25, 0.3) is 0 Å². The molecule has 120 valence electrons. The van der Waals surface area contributed by atoms with Gasteiger partial charge in [0.05, 0.1) is 5.69 Å². The van der Waals surface area contributed by atoms with Crippen molar-refractivity contribution in [1.82, 2.24) is 10.3 Å². The van der Waals surface area contributed by atoms with E-state index in [4.69, 9.17) is 9.72 Å². The van der Waals surface area contributed by atoms with Crippen molar-refractivity contribution >= 4 is 11.3 Å². The molecule has 21 heavy (non-hydrogen) atoms. The number of nitrogens with zero attached hydrogens (tertiary/aromatic N) is 1. The maximum absolute atomic E-state index is 5.81. The average molecular weight is 311 g/mol. The molecule has 1 heterocycles. The third-order valence-corrected chi connectivity index (χ3v) is 5.38. The zero-order valence-corrected chi connectivity index (χ0v) is 15.2. The van der Waals surface area contributed by atoms with Crippen LogP contribution in [0.4, 0.5) is 0 Å². The van der Waals surface area contributed by atoms with Gasteiger partial charge in [0.1, 0.15) is 10.6 Å². The molecule has 1 aliphatic rings. The predicted molar refractivity (Wildman–Crippen MR) is 89.8 cm³/mol. The summed E-state index contributed by atoms with van der Waals surface area (Å²) in [6.45, 7) is 12.0. The molecule has 2 rings (SSSR count). The van der Waals surface area contributed by atoms with Gasteiger partial charge in [-0.15, -0.1) is 11.3 Å². The van der Waals surface area contributed by atoms with E-state index in [0.29, 0.717) is 5.92 Å². The fourth-order valence-electron chi connectivity index (χ4n) is 2.61. The minimum absolute atomic E-state index is 0.0869. The van der Waals surface area contributed by atoms with E-state index in [1.165, 1.54) is 22.0 Å². The zero-order chi connectivity index (χ0) is 15.7. The van der Waals surface area contributed by atoms with Gasteiger partial charge in [0, 0.05) is 24.1 Å². The standard InChI is InChI=1S/C17H30N2OS/c1-12(2)10-13-14(11-18-16(3,4)5)21-15(19-13)17(20-6)8-7-9-17/h12,18H,7-11H2,1-6H3. The van der Waals surface area contributed by atoms with Gasteiger partial charge in [0.2, 0.25) is 0 Å². The topological polar surface area (TPSA) is 34.1 Å². The maximum Gasteiger partial charge on any atom is 0.125 e. The Morgan fingerprint density at radius 1 is 1.33 bits per heavy atom. The summed E-state index contributed by atoms with van der Waals surface area (Å²) in [7, 11) is 1.83. The molecular formula is C17H30N2OS. The molecule has 0 unspecified atom stereocenters. The van der Waals surface area contributed by atoms with Gasteiger partial charge >= 0.3 is 0 Å². The van der Waals surface area contributed by atoms with E-state index in [9.17, 15) is 0 Å². The molecule has 1 aliphatic carbocycles. The molecule has 1 fully saturated rings. The van der Waals surface area contributed by atoms with E-state index < -0.39 is 0 Å². The predicted octanol–water partition coefficient (Wildman–Crippen LogP) is 4.26. The summed E-state index contributed by atoms with van der Waals surface area (Å²) >= 11 is 1.85. The number of hydrogen-bond acceptors (Lipinski definition) is 4. The molecule has 0 aliphatic heterocycles. The van der Waals surface area contributed by atoms with Gasteiger partial charge in [0.15, 0.2) is 0 Å². The van der Waals surface area contributed by atoms with Gasteiger partial charge in [-0.2, -0.15) is 0 Å². The van der Waals surface area contributed by atoms with Gasteiger partial charge in [-0.1, -0.05) is 13.8 Å². The van der Waals surface area contributed by atoms with E-state index >= 15 is 0 Å². The van der Waals surface area contributed by atoms with Crippen molar-refractivity contribution in [2.75, 3.05) is 7.11 Å². The molecule has 1 saturated carbocycles. The van der Waals surface area contributed by atoms with Crippen LogP contribution in [0.1, 0.15) is 69.5 Å². The molecule has 1 aromatic rings. The average Bonchev–Trinajstić information content (AvgIpc) is 2.67. The summed E-state index contributed by atoms with van der Waals surface area (Å²) in [6, 6.07) is 0. The minimum Gasteiger partial charge on any atom is -0.371 e. The molecule has 0 aromatic carbocycles. The first-order chi connectivity index (χ1) is 9.76. The first kappa shape index (κ1) is 16.9. The van der Waals surface area contributed by atoms with Crippen molar-refractivity contribution in [2.24, 2.45) is 5.92 Å². The Balaban J connectivity index is 2.22. The second kappa shape index (κ2) is 6.35. The summed E-state index contributed by atoms with van der Waals surface area (Å²) < 4.78 is 5.81. The molecule has 0 saturated heterocycles. The quantitative estimate of drug-likeness (QED) is 0.852. The smallest absolute Gasteiger partial charge is 0.125 e. The van der Waals surface area contributed by atoms with Crippen LogP contribution in [0.25, 0.3) is 0 Å². The van der Waals surface area contributed by atoms with Crippen LogP contribution < -0.4 is 5.32 Å². The third-order valence-electron chi connectivity index (χ3n) is 4.10. The second-order valence-corrected chi connectivity index (χ2v) is 8.73. The highest BCUT2D eigenvalue weighted by atomic mass is 32.1. The van der Waals surface area contributed by atoms with E-state index in [0.717, 1.165) is 25.8 Å². The lowest BCUT2D eigenvalue weighted by Gasteiger charge is -2.38. The van der Waals surface area contributed by atoms with Crippen molar-refractivity contribution in [3.8, 4) is 0 Å². The summed E-state index contributed by atoms with van der Waals surface area (Å²) in [6.07, 6.45) is 4.54. The first-order valence-electron chi connectivity index (χ1n) is 8.05. The Morgan fingerprint density at radius 3 is 2.43 bits per heavy atom. The Morgan fingerprint density at radius 2 is 2.00 bits per heavy atom. The molecule has 1 aromatic heterocycles. The lowest BCUT2D eigenvalue weighted by molar-refractivity contribution is -0.0780. The highest BCUT2D eigenvalue weighted by molar-refractivity contribution is 7.11. The normalized spacial score (nSPS) is 18.0. The van der Waals surface area contributed by atoms with Crippen LogP contribution in [-0.2, 0) is 23.3 Å².